The minimum Gasteiger partial charge on any atom is -0.497 e. The van der Waals surface area contributed by atoms with E-state index < -0.39 is 24.0 Å². The number of methoxy groups -OCH3 is 2. The van der Waals surface area contributed by atoms with Crippen molar-refractivity contribution in [2.75, 3.05) is 32.8 Å². The van der Waals surface area contributed by atoms with Crippen molar-refractivity contribution in [3.05, 3.63) is 70.1 Å². The number of anilines is 1. The van der Waals surface area contributed by atoms with Crippen LogP contribution in [0.3, 0.4) is 0 Å². The number of amides is 1. The molecule has 2 aromatic carbocycles. The SMILES string of the molecule is CCOC(=O)c1nn(-c2ccc(C)cc2)c(=O)cc1OCC(=O)Nc1cc(OC)cc(OC)c1. The molecule has 0 bridgehead atoms. The van der Waals surface area contributed by atoms with Crippen molar-refractivity contribution < 1.29 is 28.5 Å². The molecule has 3 aromatic rings. The Kier molecular flexibility index (Phi) is 7.86. The van der Waals surface area contributed by atoms with Gasteiger partial charge in [0.25, 0.3) is 11.5 Å². The van der Waals surface area contributed by atoms with Crippen LogP contribution < -0.4 is 25.1 Å². The minimum atomic E-state index is -0.781. The zero-order chi connectivity index (χ0) is 24.7. The first-order valence-corrected chi connectivity index (χ1v) is 10.4. The molecule has 0 fully saturated rings. The molecule has 0 aliphatic heterocycles. The fourth-order valence-corrected chi connectivity index (χ4v) is 2.98. The summed E-state index contributed by atoms with van der Waals surface area (Å²) >= 11 is 0. The smallest absolute Gasteiger partial charge is 0.362 e. The minimum absolute atomic E-state index is 0.0990. The Labute approximate surface area is 196 Å². The molecule has 1 heterocycles. The first-order chi connectivity index (χ1) is 16.3. The second-order valence-electron chi connectivity index (χ2n) is 7.10. The molecular weight excluding hydrogens is 442 g/mol. The Hall–Kier alpha value is -4.34. The van der Waals surface area contributed by atoms with Gasteiger partial charge in [-0.05, 0) is 26.0 Å². The third-order valence-electron chi connectivity index (χ3n) is 4.64. The molecule has 0 unspecified atom stereocenters. The number of ether oxygens (including phenoxy) is 4. The lowest BCUT2D eigenvalue weighted by molar-refractivity contribution is -0.118. The highest BCUT2D eigenvalue weighted by Crippen LogP contribution is 2.25. The van der Waals surface area contributed by atoms with E-state index in [0.29, 0.717) is 22.9 Å². The number of benzene rings is 2. The molecule has 0 aliphatic rings. The maximum atomic E-state index is 12.7. The van der Waals surface area contributed by atoms with Crippen LogP contribution in [0.1, 0.15) is 23.0 Å². The first kappa shape index (κ1) is 24.3. The van der Waals surface area contributed by atoms with Crippen LogP contribution in [-0.4, -0.2) is 49.1 Å². The molecule has 10 nitrogen and oxygen atoms in total. The van der Waals surface area contributed by atoms with Crippen LogP contribution in [0.15, 0.2) is 53.3 Å². The van der Waals surface area contributed by atoms with Gasteiger partial charge in [-0.2, -0.15) is 9.78 Å². The van der Waals surface area contributed by atoms with Crippen LogP contribution in [-0.2, 0) is 9.53 Å². The van der Waals surface area contributed by atoms with E-state index in [9.17, 15) is 14.4 Å². The summed E-state index contributed by atoms with van der Waals surface area (Å²) in [6.45, 7) is 3.17. The average Bonchev–Trinajstić information content (AvgIpc) is 2.83. The van der Waals surface area contributed by atoms with Crippen molar-refractivity contribution in [3.8, 4) is 22.9 Å². The van der Waals surface area contributed by atoms with Gasteiger partial charge in [-0.15, -0.1) is 0 Å². The summed E-state index contributed by atoms with van der Waals surface area (Å²) in [6.07, 6.45) is 0. The van der Waals surface area contributed by atoms with Crippen LogP contribution in [0.4, 0.5) is 5.69 Å². The normalized spacial score (nSPS) is 10.4. The Balaban J connectivity index is 1.83. The Morgan fingerprint density at radius 3 is 2.24 bits per heavy atom. The topological polar surface area (TPSA) is 118 Å². The molecule has 3 rings (SSSR count). The molecule has 10 heteroatoms. The molecule has 1 N–H and O–H groups in total. The fourth-order valence-electron chi connectivity index (χ4n) is 2.98. The summed E-state index contributed by atoms with van der Waals surface area (Å²) in [5, 5.41) is 6.79. The van der Waals surface area contributed by atoms with E-state index in [4.69, 9.17) is 18.9 Å². The van der Waals surface area contributed by atoms with Gasteiger partial charge in [-0.1, -0.05) is 17.7 Å². The molecule has 0 aliphatic carbocycles. The summed E-state index contributed by atoms with van der Waals surface area (Å²) in [4.78, 5) is 37.6. The van der Waals surface area contributed by atoms with E-state index >= 15 is 0 Å². The third kappa shape index (κ3) is 5.91. The number of hydrogen-bond donors (Lipinski definition) is 1. The van der Waals surface area contributed by atoms with Crippen LogP contribution in [0.25, 0.3) is 5.69 Å². The van der Waals surface area contributed by atoms with Gasteiger partial charge in [0.1, 0.15) is 11.5 Å². The third-order valence-corrected chi connectivity index (χ3v) is 4.64. The average molecular weight is 467 g/mol. The molecule has 178 valence electrons. The summed E-state index contributed by atoms with van der Waals surface area (Å²) in [5.41, 5.74) is 1.13. The maximum absolute atomic E-state index is 12.7. The number of nitrogens with zero attached hydrogens (tertiary/aromatic N) is 2. The van der Waals surface area contributed by atoms with Crippen LogP contribution in [0.2, 0.25) is 0 Å². The number of nitrogens with one attached hydrogen (secondary N) is 1. The van der Waals surface area contributed by atoms with Crippen molar-refractivity contribution in [1.82, 2.24) is 9.78 Å². The number of carbonyl (C=O) groups excluding carboxylic acids is 2. The number of rotatable bonds is 9. The number of esters is 1. The second-order valence-corrected chi connectivity index (χ2v) is 7.10. The van der Waals surface area contributed by atoms with Gasteiger partial charge in [-0.3, -0.25) is 9.59 Å². The van der Waals surface area contributed by atoms with Gasteiger partial charge in [0.15, 0.2) is 12.4 Å². The quantitative estimate of drug-likeness (QED) is 0.478. The van der Waals surface area contributed by atoms with Gasteiger partial charge in [0.2, 0.25) is 5.69 Å². The number of hydrogen-bond acceptors (Lipinski definition) is 8. The zero-order valence-corrected chi connectivity index (χ0v) is 19.3. The van der Waals surface area contributed by atoms with Gasteiger partial charge in [0, 0.05) is 23.9 Å². The van der Waals surface area contributed by atoms with Crippen molar-refractivity contribution >= 4 is 17.6 Å². The van der Waals surface area contributed by atoms with Crippen LogP contribution >= 0.6 is 0 Å². The van der Waals surface area contributed by atoms with E-state index in [1.54, 1.807) is 37.3 Å². The largest absolute Gasteiger partial charge is 0.497 e. The van der Waals surface area contributed by atoms with Crippen molar-refractivity contribution in [1.29, 1.82) is 0 Å². The predicted molar refractivity (Wildman–Crippen MR) is 124 cm³/mol. The molecule has 1 amide bonds. The highest BCUT2D eigenvalue weighted by atomic mass is 16.5. The lowest BCUT2D eigenvalue weighted by atomic mass is 10.2. The molecular formula is C24H25N3O7. The molecule has 34 heavy (non-hydrogen) atoms. The lowest BCUT2D eigenvalue weighted by Gasteiger charge is -2.13. The van der Waals surface area contributed by atoms with E-state index in [1.807, 2.05) is 19.1 Å². The highest BCUT2D eigenvalue weighted by Gasteiger charge is 2.21. The molecule has 0 saturated carbocycles. The van der Waals surface area contributed by atoms with Gasteiger partial charge in [-0.25, -0.2) is 4.79 Å². The van der Waals surface area contributed by atoms with Gasteiger partial charge in [0.05, 0.1) is 32.6 Å². The first-order valence-electron chi connectivity index (χ1n) is 10.4. The summed E-state index contributed by atoms with van der Waals surface area (Å²) in [6, 6.07) is 13.0. The van der Waals surface area contributed by atoms with Gasteiger partial charge < -0.3 is 24.3 Å². The fraction of sp³-hybridized carbons (Fsp3) is 0.250. The molecule has 1 aromatic heterocycles. The second kappa shape index (κ2) is 11.0. The molecule has 0 radical (unpaired) electrons. The maximum Gasteiger partial charge on any atom is 0.362 e. The Bertz CT molecular complexity index is 1210. The molecule has 0 atom stereocenters. The van der Waals surface area contributed by atoms with Gasteiger partial charge >= 0.3 is 5.97 Å². The summed E-state index contributed by atoms with van der Waals surface area (Å²) in [7, 11) is 2.98. The van der Waals surface area contributed by atoms with E-state index in [2.05, 4.69) is 10.4 Å². The highest BCUT2D eigenvalue weighted by molar-refractivity contribution is 5.93. The zero-order valence-electron chi connectivity index (χ0n) is 19.3. The Morgan fingerprint density at radius 2 is 1.65 bits per heavy atom. The van der Waals surface area contributed by atoms with E-state index in [1.165, 1.54) is 14.2 Å². The van der Waals surface area contributed by atoms with Crippen molar-refractivity contribution in [2.45, 2.75) is 13.8 Å². The van der Waals surface area contributed by atoms with Crippen molar-refractivity contribution in [2.24, 2.45) is 0 Å². The molecule has 0 saturated heterocycles. The number of aromatic nitrogens is 2. The van der Waals surface area contributed by atoms with E-state index in [-0.39, 0.29) is 18.1 Å². The standard InChI is InChI=1S/C24H25N3O7/c1-5-33-24(30)23-20(13-22(29)27(26-23)17-8-6-15(2)7-9-17)34-14-21(28)25-16-10-18(31-3)12-19(11-16)32-4/h6-13H,5,14H2,1-4H3,(H,25,28). The number of aryl methyl sites for hydroxylation is 1. The van der Waals surface area contributed by atoms with Crippen LogP contribution in [0.5, 0.6) is 17.2 Å². The summed E-state index contributed by atoms with van der Waals surface area (Å²) in [5.74, 6) is -0.498. The Morgan fingerprint density at radius 1 is 1.00 bits per heavy atom. The molecule has 0 spiro atoms. The van der Waals surface area contributed by atoms with E-state index in [0.717, 1.165) is 16.3 Å². The van der Waals surface area contributed by atoms with Crippen molar-refractivity contribution in [3.63, 3.8) is 0 Å². The van der Waals surface area contributed by atoms with Crippen LogP contribution in [0, 0.1) is 6.92 Å². The predicted octanol–water partition coefficient (Wildman–Crippen LogP) is 2.75. The summed E-state index contributed by atoms with van der Waals surface area (Å²) < 4.78 is 22.0. The monoisotopic (exact) mass is 467 g/mol. The lowest BCUT2D eigenvalue weighted by Crippen LogP contribution is -2.27. The number of carbonyl (C=O) groups is 2.